The molecule has 0 radical (unpaired) electrons. The van der Waals surface area contributed by atoms with Crippen LogP contribution in [0, 0.1) is 11.3 Å². The number of carbonyl (C=O) groups is 1. The molecule has 16 heavy (non-hydrogen) atoms. The lowest BCUT2D eigenvalue weighted by Crippen LogP contribution is -2.30. The second kappa shape index (κ2) is 4.30. The van der Waals surface area contributed by atoms with Crippen LogP contribution < -0.4 is 0 Å². The van der Waals surface area contributed by atoms with Crippen LogP contribution in [0.3, 0.4) is 0 Å². The summed E-state index contributed by atoms with van der Waals surface area (Å²) in [5.41, 5.74) is 1.77. The molecule has 0 amide bonds. The Balaban J connectivity index is 2.26. The van der Waals surface area contributed by atoms with E-state index in [9.17, 15) is 9.90 Å². The molecule has 4 heteroatoms. The predicted molar refractivity (Wildman–Crippen MR) is 70.7 cm³/mol. The van der Waals surface area contributed by atoms with E-state index in [1.807, 2.05) is 0 Å². The number of hydrogen-bond acceptors (Lipinski definition) is 3. The molecular formula is C12H18O2S2. The van der Waals surface area contributed by atoms with Gasteiger partial charge in [-0.15, -0.1) is 23.5 Å². The van der Waals surface area contributed by atoms with Gasteiger partial charge in [0.2, 0.25) is 0 Å². The molecule has 0 spiro atoms. The zero-order chi connectivity index (χ0) is 11.9. The van der Waals surface area contributed by atoms with Gasteiger partial charge in [-0.1, -0.05) is 13.8 Å². The summed E-state index contributed by atoms with van der Waals surface area (Å²) in [7, 11) is 0. The smallest absolute Gasteiger partial charge is 0.317 e. The number of fused-ring (bicyclic) bond motifs is 1. The lowest BCUT2D eigenvalue weighted by atomic mass is 9.70. The van der Waals surface area contributed by atoms with Crippen molar-refractivity contribution in [1.82, 2.24) is 0 Å². The molecule has 2 rings (SSSR count). The molecule has 0 aromatic heterocycles. The van der Waals surface area contributed by atoms with Gasteiger partial charge in [0.05, 0.1) is 0 Å². The van der Waals surface area contributed by atoms with E-state index in [4.69, 9.17) is 0 Å². The van der Waals surface area contributed by atoms with Crippen molar-refractivity contribution in [3.63, 3.8) is 0 Å². The minimum absolute atomic E-state index is 0.228. The van der Waals surface area contributed by atoms with Crippen LogP contribution in [0.2, 0.25) is 0 Å². The van der Waals surface area contributed by atoms with E-state index in [0.29, 0.717) is 5.41 Å². The molecule has 0 aromatic rings. The van der Waals surface area contributed by atoms with E-state index >= 15 is 0 Å². The van der Waals surface area contributed by atoms with Crippen LogP contribution in [-0.2, 0) is 4.79 Å². The lowest BCUT2D eigenvalue weighted by Gasteiger charge is -2.35. The van der Waals surface area contributed by atoms with Crippen molar-refractivity contribution in [2.24, 2.45) is 11.3 Å². The van der Waals surface area contributed by atoms with E-state index < -0.39 is 5.97 Å². The Hall–Kier alpha value is -0.0900. The largest absolute Gasteiger partial charge is 0.480 e. The summed E-state index contributed by atoms with van der Waals surface area (Å²) in [6, 6.07) is 0. The third-order valence-electron chi connectivity index (χ3n) is 3.54. The highest BCUT2D eigenvalue weighted by Crippen LogP contribution is 2.55. The van der Waals surface area contributed by atoms with Crippen LogP contribution >= 0.6 is 23.5 Å². The van der Waals surface area contributed by atoms with Crippen LogP contribution in [0.5, 0.6) is 0 Å². The first-order chi connectivity index (χ1) is 7.44. The number of rotatable bonds is 2. The Kier molecular flexibility index (Phi) is 3.32. The molecule has 0 saturated heterocycles. The first kappa shape index (κ1) is 12.4. The molecule has 90 valence electrons. The van der Waals surface area contributed by atoms with E-state index in [1.54, 1.807) is 23.5 Å². The summed E-state index contributed by atoms with van der Waals surface area (Å²) >= 11 is 3.29. The van der Waals surface area contributed by atoms with Gasteiger partial charge in [-0.05, 0) is 36.5 Å². The number of allylic oxidation sites excluding steroid dienone is 1. The van der Waals surface area contributed by atoms with Crippen LogP contribution in [0.1, 0.15) is 33.1 Å². The van der Waals surface area contributed by atoms with Crippen molar-refractivity contribution in [1.29, 1.82) is 0 Å². The fourth-order valence-electron chi connectivity index (χ4n) is 2.69. The summed E-state index contributed by atoms with van der Waals surface area (Å²) in [6.07, 6.45) is 5.31. The number of thioether (sulfide) groups is 2. The minimum Gasteiger partial charge on any atom is -0.480 e. The summed E-state index contributed by atoms with van der Waals surface area (Å²) in [5.74, 6) is -0.353. The van der Waals surface area contributed by atoms with Crippen LogP contribution in [0.15, 0.2) is 9.81 Å². The minimum atomic E-state index is -0.642. The quantitative estimate of drug-likeness (QED) is 0.821. The lowest BCUT2D eigenvalue weighted by molar-refractivity contribution is -0.137. The van der Waals surface area contributed by atoms with Crippen molar-refractivity contribution < 1.29 is 9.90 Å². The number of carboxylic acid groups (broad SMARTS) is 1. The van der Waals surface area contributed by atoms with Gasteiger partial charge in [0.25, 0.3) is 0 Å². The fourth-order valence-corrected chi connectivity index (χ4v) is 5.04. The maximum atomic E-state index is 11.2. The normalized spacial score (nSPS) is 32.7. The average Bonchev–Trinajstić information content (AvgIpc) is 2.54. The molecule has 2 atom stereocenters. The predicted octanol–water partition coefficient (Wildman–Crippen LogP) is 3.59. The van der Waals surface area contributed by atoms with E-state index in [-0.39, 0.29) is 11.2 Å². The highest BCUT2D eigenvalue weighted by molar-refractivity contribution is 8.22. The van der Waals surface area contributed by atoms with Crippen molar-refractivity contribution in [2.45, 2.75) is 38.4 Å². The molecule has 1 fully saturated rings. The van der Waals surface area contributed by atoms with Gasteiger partial charge >= 0.3 is 5.97 Å². The van der Waals surface area contributed by atoms with Gasteiger partial charge in [0.15, 0.2) is 0 Å². The van der Waals surface area contributed by atoms with Crippen molar-refractivity contribution in [3.8, 4) is 0 Å². The SMILES string of the molecule is CSC1=C2CC(C)(C)CCC2C(C(=O)O)S1. The van der Waals surface area contributed by atoms with E-state index in [2.05, 4.69) is 20.1 Å². The van der Waals surface area contributed by atoms with E-state index in [0.717, 1.165) is 19.3 Å². The second-order valence-corrected chi connectivity index (χ2v) is 7.61. The molecule has 2 aliphatic rings. The highest BCUT2D eigenvalue weighted by Gasteiger charge is 2.44. The van der Waals surface area contributed by atoms with Gasteiger partial charge in [0.1, 0.15) is 5.25 Å². The first-order valence-corrected chi connectivity index (χ1v) is 7.71. The van der Waals surface area contributed by atoms with Crippen molar-refractivity contribution in [3.05, 3.63) is 9.81 Å². The topological polar surface area (TPSA) is 37.3 Å². The molecule has 1 aliphatic carbocycles. The van der Waals surface area contributed by atoms with Gasteiger partial charge < -0.3 is 5.11 Å². The molecule has 0 bridgehead atoms. The molecule has 1 heterocycles. The van der Waals surface area contributed by atoms with Gasteiger partial charge in [-0.3, -0.25) is 4.79 Å². The third-order valence-corrected chi connectivity index (χ3v) is 6.22. The van der Waals surface area contributed by atoms with Crippen molar-refractivity contribution >= 4 is 29.5 Å². The Morgan fingerprint density at radius 3 is 2.81 bits per heavy atom. The maximum Gasteiger partial charge on any atom is 0.317 e. The number of aliphatic carboxylic acids is 1. The Morgan fingerprint density at radius 1 is 1.56 bits per heavy atom. The van der Waals surface area contributed by atoms with Gasteiger partial charge in [-0.2, -0.15) is 0 Å². The van der Waals surface area contributed by atoms with Gasteiger partial charge in [-0.25, -0.2) is 0 Å². The van der Waals surface area contributed by atoms with Crippen molar-refractivity contribution in [2.75, 3.05) is 6.26 Å². The molecular weight excluding hydrogens is 240 g/mol. The Labute approximate surface area is 105 Å². The van der Waals surface area contributed by atoms with Crippen LogP contribution in [0.25, 0.3) is 0 Å². The monoisotopic (exact) mass is 258 g/mol. The molecule has 2 unspecified atom stereocenters. The standard InChI is InChI=1S/C12H18O2S2/c1-12(2)5-4-7-8(6-12)11(15-3)16-9(7)10(13)14/h7,9H,4-6H2,1-3H3,(H,13,14). The molecule has 1 aliphatic heterocycles. The van der Waals surface area contributed by atoms with Crippen LogP contribution in [-0.4, -0.2) is 22.6 Å². The number of carboxylic acids is 1. The van der Waals surface area contributed by atoms with Gasteiger partial charge in [0, 0.05) is 10.2 Å². The first-order valence-electron chi connectivity index (χ1n) is 5.61. The Morgan fingerprint density at radius 2 is 2.25 bits per heavy atom. The molecule has 2 nitrogen and oxygen atoms in total. The summed E-state index contributed by atoms with van der Waals surface area (Å²) in [5, 5.41) is 9.01. The fraction of sp³-hybridized carbons (Fsp3) is 0.750. The molecule has 1 saturated carbocycles. The second-order valence-electron chi connectivity index (χ2n) is 5.38. The maximum absolute atomic E-state index is 11.2. The molecule has 0 aromatic carbocycles. The summed E-state index contributed by atoms with van der Waals surface area (Å²) < 4.78 is 1.27. The van der Waals surface area contributed by atoms with E-state index in [1.165, 1.54) is 9.81 Å². The zero-order valence-electron chi connectivity index (χ0n) is 9.95. The number of hydrogen-bond donors (Lipinski definition) is 1. The summed E-state index contributed by atoms with van der Waals surface area (Å²) in [4.78, 5) is 11.2. The third kappa shape index (κ3) is 2.14. The summed E-state index contributed by atoms with van der Waals surface area (Å²) in [6.45, 7) is 4.57. The highest BCUT2D eigenvalue weighted by atomic mass is 32.2. The average molecular weight is 258 g/mol. The zero-order valence-corrected chi connectivity index (χ0v) is 11.6. The molecule has 1 N–H and O–H groups in total. The van der Waals surface area contributed by atoms with Crippen LogP contribution in [0.4, 0.5) is 0 Å². The Bertz CT molecular complexity index is 347.